The minimum absolute atomic E-state index is 0.0187. The number of carbonyl (C=O) groups is 1. The first-order valence-electron chi connectivity index (χ1n) is 18.1. The van der Waals surface area contributed by atoms with Crippen LogP contribution in [0, 0.1) is 13.8 Å². The maximum absolute atomic E-state index is 13.7. The molecule has 3 unspecified atom stereocenters. The van der Waals surface area contributed by atoms with Crippen molar-refractivity contribution in [2.24, 2.45) is 0 Å². The largest absolute Gasteiger partial charge is 0.487 e. The van der Waals surface area contributed by atoms with E-state index in [-0.39, 0.29) is 38.3 Å². The lowest BCUT2D eigenvalue weighted by atomic mass is 9.86. The summed E-state index contributed by atoms with van der Waals surface area (Å²) in [4.78, 5) is 13.1. The molecule has 1 aliphatic heterocycles. The third-order valence-corrected chi connectivity index (χ3v) is 15.6. The van der Waals surface area contributed by atoms with Gasteiger partial charge in [0, 0.05) is 13.1 Å². The van der Waals surface area contributed by atoms with Crippen molar-refractivity contribution in [1.82, 2.24) is 0 Å². The van der Waals surface area contributed by atoms with E-state index in [0.717, 1.165) is 73.8 Å². The third-order valence-electron chi connectivity index (χ3n) is 9.17. The van der Waals surface area contributed by atoms with Gasteiger partial charge in [0.15, 0.2) is 0 Å². The summed E-state index contributed by atoms with van der Waals surface area (Å²) in [7, 11) is -7.26. The smallest absolute Gasteiger partial charge is 0.343 e. The molecule has 0 bridgehead atoms. The summed E-state index contributed by atoms with van der Waals surface area (Å²) in [5, 5.41) is -1.08. The Balaban J connectivity index is 2.05. The third kappa shape index (κ3) is 13.6. The molecule has 0 aliphatic carbocycles. The van der Waals surface area contributed by atoms with Crippen LogP contribution in [-0.2, 0) is 33.9 Å². The van der Waals surface area contributed by atoms with Crippen LogP contribution in [0.4, 0.5) is 0 Å². The molecule has 0 amide bonds. The van der Waals surface area contributed by atoms with Gasteiger partial charge in [0.1, 0.15) is 22.5 Å². The molecular weight excluding hydrogens is 658 g/mol. The molecule has 0 spiro atoms. The normalized spacial score (nSPS) is 18.7. The van der Waals surface area contributed by atoms with E-state index in [1.165, 1.54) is 23.4 Å². The van der Waals surface area contributed by atoms with Crippen molar-refractivity contribution < 1.29 is 37.0 Å². The van der Waals surface area contributed by atoms with Crippen molar-refractivity contribution in [1.29, 1.82) is 0 Å². The van der Waals surface area contributed by atoms with Crippen LogP contribution in [0.25, 0.3) is 0 Å². The highest BCUT2D eigenvalue weighted by Gasteiger charge is 2.46. The van der Waals surface area contributed by atoms with Crippen LogP contribution >= 0.6 is 15.0 Å². The number of aryl methyl sites for hydroxylation is 1. The van der Waals surface area contributed by atoms with Gasteiger partial charge in [-0.1, -0.05) is 34.9 Å². The van der Waals surface area contributed by atoms with Crippen LogP contribution in [0.2, 0.25) is 0 Å². The van der Waals surface area contributed by atoms with Gasteiger partial charge in [0.05, 0.1) is 19.8 Å². The Morgan fingerprint density at radius 1 is 0.878 bits per heavy atom. The molecule has 10 heteroatoms. The van der Waals surface area contributed by atoms with Crippen LogP contribution in [0.1, 0.15) is 130 Å². The number of hydrogen-bond acceptors (Lipinski definition) is 8. The molecule has 1 aromatic rings. The van der Waals surface area contributed by atoms with Crippen LogP contribution < -0.4 is 9.47 Å². The molecule has 278 valence electrons. The number of benzene rings is 1. The average Bonchev–Trinajstić information content (AvgIpc) is 3.00. The highest BCUT2D eigenvalue weighted by molar-refractivity contribution is 7.74. The number of esters is 1. The number of carbonyl (C=O) groups excluding carboxylic acids is 1. The average molecular weight is 723 g/mol. The zero-order valence-electron chi connectivity index (χ0n) is 32.2. The highest BCUT2D eigenvalue weighted by atomic mass is 31.2. The zero-order chi connectivity index (χ0) is 36.8. The van der Waals surface area contributed by atoms with Crippen molar-refractivity contribution in [2.45, 2.75) is 144 Å². The summed E-state index contributed by atoms with van der Waals surface area (Å²) in [5.41, 5.74) is 6.78. The standard InChI is InChI=1S/C39H64O8P2/c1-12-43-48(11,41)37(49(42,44-13-2)45-14-3)24-23-36(40)46-35-28-34-25-27-39(10,47-38(34)33(9)32(35)8)26-17-22-31(7)21-16-20-30(6)19-15-18-29(4)5/h18,20,22,28,37H,12-17,19,21,23-27H2,1-11H3/b30-20+,31-22+. The predicted molar refractivity (Wildman–Crippen MR) is 203 cm³/mol. The lowest BCUT2D eigenvalue weighted by molar-refractivity contribution is -0.134. The molecule has 1 heterocycles. The Morgan fingerprint density at radius 3 is 2.02 bits per heavy atom. The van der Waals surface area contributed by atoms with E-state index >= 15 is 0 Å². The molecule has 0 saturated heterocycles. The van der Waals surface area contributed by atoms with E-state index in [2.05, 4.69) is 52.8 Å². The maximum atomic E-state index is 13.7. The Morgan fingerprint density at radius 2 is 1.45 bits per heavy atom. The summed E-state index contributed by atoms with van der Waals surface area (Å²) in [6.45, 7) is 21.8. The van der Waals surface area contributed by atoms with Gasteiger partial charge in [-0.05, 0) is 150 Å². The molecule has 1 aromatic carbocycles. The minimum atomic E-state index is -3.81. The van der Waals surface area contributed by atoms with Crippen molar-refractivity contribution >= 4 is 20.9 Å². The molecule has 49 heavy (non-hydrogen) atoms. The summed E-state index contributed by atoms with van der Waals surface area (Å²) < 4.78 is 56.2. The van der Waals surface area contributed by atoms with Gasteiger partial charge in [0.2, 0.25) is 7.37 Å². The van der Waals surface area contributed by atoms with Crippen molar-refractivity contribution in [3.63, 3.8) is 0 Å². The monoisotopic (exact) mass is 722 g/mol. The topological polar surface area (TPSA) is 97.4 Å². The summed E-state index contributed by atoms with van der Waals surface area (Å²) in [5.74, 6) is 0.840. The first-order valence-corrected chi connectivity index (χ1v) is 21.8. The zero-order valence-corrected chi connectivity index (χ0v) is 34.0. The fraction of sp³-hybridized carbons (Fsp3) is 0.667. The summed E-state index contributed by atoms with van der Waals surface area (Å²) in [6.07, 6.45) is 14.8. The quantitative estimate of drug-likeness (QED) is 0.0535. The van der Waals surface area contributed by atoms with E-state index in [0.29, 0.717) is 5.75 Å². The van der Waals surface area contributed by atoms with Crippen molar-refractivity contribution in [2.75, 3.05) is 26.5 Å². The second-order valence-electron chi connectivity index (χ2n) is 13.9. The van der Waals surface area contributed by atoms with Gasteiger partial charge in [0.25, 0.3) is 0 Å². The first-order chi connectivity index (χ1) is 23.0. The van der Waals surface area contributed by atoms with E-state index < -0.39 is 26.3 Å². The number of fused-ring (bicyclic) bond motifs is 1. The van der Waals surface area contributed by atoms with Gasteiger partial charge >= 0.3 is 13.6 Å². The first kappa shape index (κ1) is 43.2. The number of rotatable bonds is 21. The molecule has 0 aromatic heterocycles. The Kier molecular flexibility index (Phi) is 17.8. The number of hydrogen-bond donors (Lipinski definition) is 0. The molecule has 2 rings (SSSR count). The van der Waals surface area contributed by atoms with Crippen LogP contribution in [-0.4, -0.2) is 43.5 Å². The van der Waals surface area contributed by atoms with Gasteiger partial charge in [-0.25, -0.2) is 0 Å². The molecule has 0 fully saturated rings. The predicted octanol–water partition coefficient (Wildman–Crippen LogP) is 11.8. The lowest BCUT2D eigenvalue weighted by Gasteiger charge is -2.37. The molecular formula is C39H64O8P2. The molecule has 3 atom stereocenters. The molecule has 0 radical (unpaired) electrons. The van der Waals surface area contributed by atoms with Crippen molar-refractivity contribution in [3.8, 4) is 11.5 Å². The number of allylic oxidation sites excluding steroid dienone is 6. The molecule has 8 nitrogen and oxygen atoms in total. The van der Waals surface area contributed by atoms with Gasteiger partial charge in [-0.15, -0.1) is 0 Å². The second kappa shape index (κ2) is 20.2. The van der Waals surface area contributed by atoms with E-state index in [4.69, 9.17) is 23.0 Å². The fourth-order valence-corrected chi connectivity index (χ4v) is 11.7. The van der Waals surface area contributed by atoms with E-state index in [1.807, 2.05) is 19.9 Å². The summed E-state index contributed by atoms with van der Waals surface area (Å²) in [6, 6.07) is 1.90. The van der Waals surface area contributed by atoms with Gasteiger partial charge in [-0.2, -0.15) is 0 Å². The Bertz CT molecular complexity index is 1430. The lowest BCUT2D eigenvalue weighted by Crippen LogP contribution is -2.36. The molecule has 0 N–H and O–H groups in total. The maximum Gasteiger partial charge on any atom is 0.343 e. The van der Waals surface area contributed by atoms with E-state index in [9.17, 15) is 13.9 Å². The van der Waals surface area contributed by atoms with Crippen LogP contribution in [0.15, 0.2) is 41.0 Å². The molecule has 0 saturated carbocycles. The van der Waals surface area contributed by atoms with E-state index in [1.54, 1.807) is 20.8 Å². The fourth-order valence-electron chi connectivity index (χ4n) is 6.18. The Labute approximate surface area is 297 Å². The summed E-state index contributed by atoms with van der Waals surface area (Å²) >= 11 is 0. The van der Waals surface area contributed by atoms with Gasteiger partial charge < -0.3 is 23.0 Å². The number of ether oxygens (including phenoxy) is 2. The van der Waals surface area contributed by atoms with Crippen LogP contribution in [0.3, 0.4) is 0 Å². The van der Waals surface area contributed by atoms with Crippen molar-refractivity contribution in [3.05, 3.63) is 57.7 Å². The molecule has 1 aliphatic rings. The van der Waals surface area contributed by atoms with Crippen LogP contribution in [0.5, 0.6) is 11.5 Å². The van der Waals surface area contributed by atoms with Gasteiger partial charge in [-0.3, -0.25) is 13.9 Å². The SMILES string of the molecule is CCOP(C)(=O)C(CCC(=O)Oc1cc2c(c(C)c1C)OC(C)(CC/C=C(\C)CC/C=C(\C)CCC=C(C)C)CC2)P(=O)(OCC)OCC. The minimum Gasteiger partial charge on any atom is -0.487 e. The highest BCUT2D eigenvalue weighted by Crippen LogP contribution is 2.69. The second-order valence-corrected chi connectivity index (χ2v) is 19.2. The Hall–Kier alpha value is -1.95.